The molecule has 0 aliphatic carbocycles. The van der Waals surface area contributed by atoms with Gasteiger partial charge in [0, 0.05) is 18.1 Å². The molecule has 112 valence electrons. The van der Waals surface area contributed by atoms with Crippen LogP contribution in [0.25, 0.3) is 0 Å². The Morgan fingerprint density at radius 2 is 2.10 bits per heavy atom. The number of hydrogen-bond acceptors (Lipinski definition) is 6. The first kappa shape index (κ1) is 14.9. The Kier molecular flexibility index (Phi) is 3.65. The van der Waals surface area contributed by atoms with E-state index in [1.807, 2.05) is 0 Å². The summed E-state index contributed by atoms with van der Waals surface area (Å²) in [6, 6.07) is 4.38. The van der Waals surface area contributed by atoms with Crippen LogP contribution in [0.3, 0.4) is 0 Å². The number of carbonyl (C=O) groups excluding carboxylic acids is 2. The Morgan fingerprint density at radius 1 is 1.43 bits per heavy atom. The highest BCUT2D eigenvalue weighted by Crippen LogP contribution is 2.35. The summed E-state index contributed by atoms with van der Waals surface area (Å²) in [5.74, 6) is 4.76. The summed E-state index contributed by atoms with van der Waals surface area (Å²) in [4.78, 5) is 35.6. The van der Waals surface area contributed by atoms with Crippen LogP contribution in [-0.4, -0.2) is 21.6 Å². The highest BCUT2D eigenvalue weighted by Gasteiger charge is 2.44. The van der Waals surface area contributed by atoms with Crippen molar-refractivity contribution < 1.29 is 14.5 Å². The number of likely N-dealkylation sites (tertiary alicyclic amines) is 1. The number of nitro benzene ring substituents is 1. The number of imide groups is 1. The minimum Gasteiger partial charge on any atom is -0.318 e. The molecule has 8 heteroatoms. The molecule has 1 aliphatic heterocycles. The van der Waals surface area contributed by atoms with Crippen molar-refractivity contribution >= 4 is 23.2 Å². The summed E-state index contributed by atoms with van der Waals surface area (Å²) in [6.07, 6.45) is 0.131. The maximum atomic E-state index is 12.2. The van der Waals surface area contributed by atoms with E-state index in [0.717, 1.165) is 4.90 Å². The highest BCUT2D eigenvalue weighted by atomic mass is 16.6. The van der Waals surface area contributed by atoms with Gasteiger partial charge in [-0.25, -0.2) is 0 Å². The third-order valence-corrected chi connectivity index (χ3v) is 3.52. The molecule has 1 aromatic carbocycles. The summed E-state index contributed by atoms with van der Waals surface area (Å²) >= 11 is 0. The number of benzene rings is 1. The van der Waals surface area contributed by atoms with Crippen LogP contribution in [0.5, 0.6) is 0 Å². The lowest BCUT2D eigenvalue weighted by Crippen LogP contribution is -2.33. The quantitative estimate of drug-likeness (QED) is 0.372. The molecule has 3 N–H and O–H groups in total. The van der Waals surface area contributed by atoms with Gasteiger partial charge in [0.2, 0.25) is 11.8 Å². The van der Waals surface area contributed by atoms with Gasteiger partial charge in [-0.05, 0) is 0 Å². The summed E-state index contributed by atoms with van der Waals surface area (Å²) in [5.41, 5.74) is 1.86. The van der Waals surface area contributed by atoms with Gasteiger partial charge in [0.05, 0.1) is 16.9 Å². The second kappa shape index (κ2) is 5.13. The van der Waals surface area contributed by atoms with Crippen LogP contribution in [0.4, 0.5) is 11.4 Å². The van der Waals surface area contributed by atoms with Gasteiger partial charge in [0.25, 0.3) is 5.69 Å². The van der Waals surface area contributed by atoms with E-state index in [2.05, 4.69) is 5.43 Å². The number of para-hydroxylation sites is 1. The molecular formula is C13H16N4O4. The fourth-order valence-corrected chi connectivity index (χ4v) is 2.40. The van der Waals surface area contributed by atoms with E-state index >= 15 is 0 Å². The molecule has 1 aliphatic rings. The maximum absolute atomic E-state index is 12.2. The molecule has 1 saturated heterocycles. The molecule has 0 radical (unpaired) electrons. The summed E-state index contributed by atoms with van der Waals surface area (Å²) in [5, 5.41) is 11.0. The van der Waals surface area contributed by atoms with Gasteiger partial charge in [-0.3, -0.25) is 30.4 Å². The van der Waals surface area contributed by atoms with Gasteiger partial charge in [-0.2, -0.15) is 0 Å². The second-order valence-corrected chi connectivity index (χ2v) is 5.56. The standard InChI is InChI=1S/C13H16N4O4/c1-13(2)6-10(18)16(12(13)19)7-8-4-3-5-9(17(20)21)11(8)15-14/h3-5,15H,6-7,14H2,1-2H3. The fourth-order valence-electron chi connectivity index (χ4n) is 2.40. The van der Waals surface area contributed by atoms with Crippen molar-refractivity contribution in [2.45, 2.75) is 26.8 Å². The van der Waals surface area contributed by atoms with Crippen molar-refractivity contribution in [2.24, 2.45) is 11.3 Å². The van der Waals surface area contributed by atoms with Crippen molar-refractivity contribution in [3.8, 4) is 0 Å². The molecule has 1 heterocycles. The van der Waals surface area contributed by atoms with E-state index in [-0.39, 0.29) is 36.2 Å². The smallest absolute Gasteiger partial charge is 0.293 e. The first-order valence-corrected chi connectivity index (χ1v) is 6.35. The monoisotopic (exact) mass is 292 g/mol. The van der Waals surface area contributed by atoms with E-state index < -0.39 is 10.3 Å². The molecule has 1 aromatic rings. The lowest BCUT2D eigenvalue weighted by molar-refractivity contribution is -0.384. The summed E-state index contributed by atoms with van der Waals surface area (Å²) in [7, 11) is 0. The largest absolute Gasteiger partial charge is 0.318 e. The maximum Gasteiger partial charge on any atom is 0.293 e. The third-order valence-electron chi connectivity index (χ3n) is 3.52. The fraction of sp³-hybridized carbons (Fsp3) is 0.385. The van der Waals surface area contributed by atoms with Crippen LogP contribution in [0, 0.1) is 15.5 Å². The predicted molar refractivity (Wildman–Crippen MR) is 74.9 cm³/mol. The number of nitrogens with one attached hydrogen (secondary N) is 1. The number of nitrogen functional groups attached to an aromatic ring is 1. The van der Waals surface area contributed by atoms with Crippen LogP contribution in [0.1, 0.15) is 25.8 Å². The van der Waals surface area contributed by atoms with E-state index in [1.54, 1.807) is 19.9 Å². The van der Waals surface area contributed by atoms with Gasteiger partial charge >= 0.3 is 0 Å². The minimum atomic E-state index is -0.742. The number of rotatable bonds is 4. The Labute approximate surface area is 121 Å². The summed E-state index contributed by atoms with van der Waals surface area (Å²) < 4.78 is 0. The average molecular weight is 292 g/mol. The number of nitrogens with zero attached hydrogens (tertiary/aromatic N) is 2. The van der Waals surface area contributed by atoms with Gasteiger partial charge in [-0.15, -0.1) is 0 Å². The zero-order chi connectivity index (χ0) is 15.8. The molecular weight excluding hydrogens is 276 g/mol. The highest BCUT2D eigenvalue weighted by molar-refractivity contribution is 6.05. The van der Waals surface area contributed by atoms with Crippen molar-refractivity contribution in [2.75, 3.05) is 5.43 Å². The molecule has 8 nitrogen and oxygen atoms in total. The SMILES string of the molecule is CC1(C)CC(=O)N(Cc2cccc([N+](=O)[O-])c2NN)C1=O. The van der Waals surface area contributed by atoms with Gasteiger partial charge < -0.3 is 5.43 Å². The number of amides is 2. The van der Waals surface area contributed by atoms with Crippen LogP contribution >= 0.6 is 0 Å². The predicted octanol–water partition coefficient (Wildman–Crippen LogP) is 1.17. The first-order valence-electron chi connectivity index (χ1n) is 6.35. The topological polar surface area (TPSA) is 119 Å². The van der Waals surface area contributed by atoms with Crippen molar-refractivity contribution in [3.63, 3.8) is 0 Å². The number of hydrogen-bond donors (Lipinski definition) is 2. The van der Waals surface area contributed by atoms with Gasteiger partial charge in [0.1, 0.15) is 5.69 Å². The zero-order valence-corrected chi connectivity index (χ0v) is 11.8. The number of nitro groups is 1. The van der Waals surface area contributed by atoms with Crippen molar-refractivity contribution in [3.05, 3.63) is 33.9 Å². The average Bonchev–Trinajstić information content (AvgIpc) is 2.60. The zero-order valence-electron chi connectivity index (χ0n) is 11.8. The van der Waals surface area contributed by atoms with Crippen molar-refractivity contribution in [1.29, 1.82) is 0 Å². The molecule has 2 amide bonds. The van der Waals surface area contributed by atoms with Gasteiger partial charge in [-0.1, -0.05) is 26.0 Å². The molecule has 0 saturated carbocycles. The lowest BCUT2D eigenvalue weighted by atomic mass is 9.92. The van der Waals surface area contributed by atoms with Crippen LogP contribution < -0.4 is 11.3 Å². The van der Waals surface area contributed by atoms with E-state index in [9.17, 15) is 19.7 Å². The Morgan fingerprint density at radius 3 is 2.57 bits per heavy atom. The molecule has 0 aromatic heterocycles. The first-order chi connectivity index (χ1) is 9.77. The molecule has 1 fully saturated rings. The third kappa shape index (κ3) is 2.57. The normalized spacial score (nSPS) is 17.2. The minimum absolute atomic E-state index is 0.0394. The second-order valence-electron chi connectivity index (χ2n) is 5.56. The van der Waals surface area contributed by atoms with Crippen LogP contribution in [0.2, 0.25) is 0 Å². The van der Waals surface area contributed by atoms with Crippen molar-refractivity contribution in [1.82, 2.24) is 4.90 Å². The molecule has 0 bridgehead atoms. The number of carbonyl (C=O) groups is 2. The molecule has 2 rings (SSSR count). The number of nitrogens with two attached hydrogens (primary N) is 1. The van der Waals surface area contributed by atoms with E-state index in [1.165, 1.54) is 12.1 Å². The van der Waals surface area contributed by atoms with Crippen LogP contribution in [0.15, 0.2) is 18.2 Å². The van der Waals surface area contributed by atoms with Crippen LogP contribution in [-0.2, 0) is 16.1 Å². The Balaban J connectivity index is 2.37. The number of anilines is 1. The van der Waals surface area contributed by atoms with E-state index in [4.69, 9.17) is 5.84 Å². The Hall–Kier alpha value is -2.48. The molecule has 21 heavy (non-hydrogen) atoms. The molecule has 0 unspecified atom stereocenters. The van der Waals surface area contributed by atoms with E-state index in [0.29, 0.717) is 5.56 Å². The Bertz CT molecular complexity index is 627. The summed E-state index contributed by atoms with van der Waals surface area (Å²) in [6.45, 7) is 3.36. The molecule has 0 spiro atoms. The van der Waals surface area contributed by atoms with Gasteiger partial charge in [0.15, 0.2) is 0 Å². The molecule has 0 atom stereocenters. The lowest BCUT2D eigenvalue weighted by Gasteiger charge is -2.19. The number of hydrazine groups is 1.